The largest absolute Gasteiger partial charge is 0.494 e. The Kier molecular flexibility index (Phi) is 10.8. The SMILES string of the molecule is CCCCCCCCCCCCOc1ccc(C(O)S(=O)(=O)O)cc1. The molecule has 0 saturated carbocycles. The number of benzene rings is 1. The van der Waals surface area contributed by atoms with Crippen molar-refractivity contribution in [2.75, 3.05) is 6.61 Å². The summed E-state index contributed by atoms with van der Waals surface area (Å²) < 4.78 is 36.2. The Balaban J connectivity index is 2.09. The molecule has 0 spiro atoms. The molecule has 1 atom stereocenters. The number of ether oxygens (including phenoxy) is 1. The highest BCUT2D eigenvalue weighted by Crippen LogP contribution is 2.21. The van der Waals surface area contributed by atoms with Crippen molar-refractivity contribution >= 4 is 10.1 Å². The Bertz CT molecular complexity index is 554. The van der Waals surface area contributed by atoms with Crippen molar-refractivity contribution in [2.45, 2.75) is 76.6 Å². The molecule has 0 radical (unpaired) electrons. The predicted octanol–water partition coefficient (Wildman–Crippen LogP) is 4.87. The Morgan fingerprint density at radius 2 is 1.36 bits per heavy atom. The highest BCUT2D eigenvalue weighted by Gasteiger charge is 2.21. The van der Waals surface area contributed by atoms with Crippen LogP contribution in [0.1, 0.15) is 82.1 Å². The smallest absolute Gasteiger partial charge is 0.296 e. The molecule has 0 aromatic heterocycles. The number of unbranched alkanes of at least 4 members (excludes halogenated alkanes) is 9. The van der Waals surface area contributed by atoms with Gasteiger partial charge in [-0.15, -0.1) is 0 Å². The van der Waals surface area contributed by atoms with Crippen molar-refractivity contribution in [1.29, 1.82) is 0 Å². The molecule has 5 nitrogen and oxygen atoms in total. The van der Waals surface area contributed by atoms with Crippen LogP contribution in [-0.4, -0.2) is 24.7 Å². The van der Waals surface area contributed by atoms with Gasteiger partial charge >= 0.3 is 0 Å². The van der Waals surface area contributed by atoms with E-state index in [1.165, 1.54) is 63.5 Å². The summed E-state index contributed by atoms with van der Waals surface area (Å²) in [6.07, 6.45) is 12.7. The molecule has 25 heavy (non-hydrogen) atoms. The molecule has 6 heteroatoms. The maximum Gasteiger partial charge on any atom is 0.296 e. The summed E-state index contributed by atoms with van der Waals surface area (Å²) in [6, 6.07) is 6.07. The van der Waals surface area contributed by atoms with Crippen LogP contribution in [-0.2, 0) is 10.1 Å². The van der Waals surface area contributed by atoms with E-state index < -0.39 is 15.6 Å². The first-order valence-corrected chi connectivity index (χ1v) is 10.8. The van der Waals surface area contributed by atoms with Crippen LogP contribution in [0.3, 0.4) is 0 Å². The molecular weight excluding hydrogens is 340 g/mol. The second-order valence-electron chi connectivity index (χ2n) is 6.47. The minimum absolute atomic E-state index is 0.119. The van der Waals surface area contributed by atoms with Crippen LogP contribution >= 0.6 is 0 Å². The van der Waals surface area contributed by atoms with Gasteiger partial charge in [-0.2, -0.15) is 8.42 Å². The molecule has 1 unspecified atom stereocenters. The van der Waals surface area contributed by atoms with Crippen molar-refractivity contribution in [1.82, 2.24) is 0 Å². The van der Waals surface area contributed by atoms with Crippen LogP contribution in [0.4, 0.5) is 0 Å². The number of rotatable bonds is 14. The zero-order chi connectivity index (χ0) is 18.5. The van der Waals surface area contributed by atoms with E-state index in [9.17, 15) is 13.5 Å². The third-order valence-corrected chi connectivity index (χ3v) is 5.05. The third kappa shape index (κ3) is 9.82. The minimum atomic E-state index is -4.49. The van der Waals surface area contributed by atoms with E-state index in [0.29, 0.717) is 12.4 Å². The molecule has 144 valence electrons. The van der Waals surface area contributed by atoms with E-state index in [0.717, 1.165) is 12.8 Å². The van der Waals surface area contributed by atoms with Crippen LogP contribution in [0.2, 0.25) is 0 Å². The van der Waals surface area contributed by atoms with Crippen molar-refractivity contribution in [2.24, 2.45) is 0 Å². The molecule has 0 amide bonds. The normalized spacial score (nSPS) is 12.9. The molecular formula is C19H32O5S. The number of aliphatic hydroxyl groups is 1. The van der Waals surface area contributed by atoms with Crippen LogP contribution in [0.5, 0.6) is 5.75 Å². The molecule has 0 fully saturated rings. The maximum atomic E-state index is 10.9. The lowest BCUT2D eigenvalue weighted by Gasteiger charge is -2.10. The van der Waals surface area contributed by atoms with Crippen molar-refractivity contribution in [3.8, 4) is 5.75 Å². The van der Waals surface area contributed by atoms with Gasteiger partial charge in [-0.1, -0.05) is 76.8 Å². The Morgan fingerprint density at radius 1 is 0.880 bits per heavy atom. The van der Waals surface area contributed by atoms with Gasteiger partial charge in [0.1, 0.15) is 5.75 Å². The van der Waals surface area contributed by atoms with E-state index in [4.69, 9.17) is 9.29 Å². The molecule has 1 aromatic rings. The fourth-order valence-corrected chi connectivity index (χ4v) is 3.18. The first kappa shape index (κ1) is 21.9. The van der Waals surface area contributed by atoms with Gasteiger partial charge in [0.2, 0.25) is 5.44 Å². The monoisotopic (exact) mass is 372 g/mol. The molecule has 0 aliphatic heterocycles. The standard InChI is InChI=1S/C19H32O5S/c1-2-3-4-5-6-7-8-9-10-11-16-24-18-14-12-17(13-15-18)19(20)25(21,22)23/h12-15,19-20H,2-11,16H2,1H3,(H,21,22,23). The van der Waals surface area contributed by atoms with Crippen molar-refractivity contribution in [3.63, 3.8) is 0 Å². The highest BCUT2D eigenvalue weighted by molar-refractivity contribution is 7.85. The van der Waals surface area contributed by atoms with Gasteiger partial charge in [-0.3, -0.25) is 4.55 Å². The first-order valence-electron chi connectivity index (χ1n) is 9.32. The average Bonchev–Trinajstić information content (AvgIpc) is 2.59. The number of aliphatic hydroxyl groups excluding tert-OH is 1. The summed E-state index contributed by atoms with van der Waals surface area (Å²) >= 11 is 0. The van der Waals surface area contributed by atoms with Crippen LogP contribution in [0.25, 0.3) is 0 Å². The molecule has 2 N–H and O–H groups in total. The second-order valence-corrected chi connectivity index (χ2v) is 7.94. The summed E-state index contributed by atoms with van der Waals surface area (Å²) in [6.45, 7) is 2.86. The van der Waals surface area contributed by atoms with Gasteiger partial charge in [0.05, 0.1) is 6.61 Å². The van der Waals surface area contributed by atoms with E-state index in [-0.39, 0.29) is 5.56 Å². The first-order chi connectivity index (χ1) is 11.9. The quantitative estimate of drug-likeness (QED) is 0.360. The molecule has 0 saturated heterocycles. The highest BCUT2D eigenvalue weighted by atomic mass is 32.2. The van der Waals surface area contributed by atoms with E-state index in [1.54, 1.807) is 12.1 Å². The van der Waals surface area contributed by atoms with Crippen molar-refractivity contribution in [3.05, 3.63) is 29.8 Å². The third-order valence-electron chi connectivity index (χ3n) is 4.21. The Morgan fingerprint density at radius 3 is 1.84 bits per heavy atom. The fourth-order valence-electron chi connectivity index (χ4n) is 2.68. The average molecular weight is 373 g/mol. The van der Waals surface area contributed by atoms with Crippen LogP contribution in [0, 0.1) is 0 Å². The van der Waals surface area contributed by atoms with Crippen LogP contribution in [0.15, 0.2) is 24.3 Å². The summed E-state index contributed by atoms with van der Waals surface area (Å²) in [4.78, 5) is 0. The van der Waals surface area contributed by atoms with E-state index >= 15 is 0 Å². The second kappa shape index (κ2) is 12.3. The molecule has 0 bridgehead atoms. The number of hydrogen-bond acceptors (Lipinski definition) is 4. The van der Waals surface area contributed by atoms with Gasteiger partial charge in [0, 0.05) is 0 Å². The van der Waals surface area contributed by atoms with Gasteiger partial charge < -0.3 is 9.84 Å². The maximum absolute atomic E-state index is 10.9. The molecule has 0 aliphatic rings. The summed E-state index contributed by atoms with van der Waals surface area (Å²) in [5, 5.41) is 9.45. The lowest BCUT2D eigenvalue weighted by Crippen LogP contribution is -2.11. The van der Waals surface area contributed by atoms with Gasteiger partial charge in [-0.25, -0.2) is 0 Å². The summed E-state index contributed by atoms with van der Waals surface area (Å²) in [7, 11) is -4.49. The lowest BCUT2D eigenvalue weighted by atomic mass is 10.1. The van der Waals surface area contributed by atoms with Gasteiger partial charge in [-0.05, 0) is 24.1 Å². The Labute approximate surface area is 152 Å². The van der Waals surface area contributed by atoms with Crippen LogP contribution < -0.4 is 4.74 Å². The fraction of sp³-hybridized carbons (Fsp3) is 0.684. The topological polar surface area (TPSA) is 83.8 Å². The summed E-state index contributed by atoms with van der Waals surface area (Å²) in [5.74, 6) is 0.627. The predicted molar refractivity (Wildman–Crippen MR) is 100 cm³/mol. The summed E-state index contributed by atoms with van der Waals surface area (Å²) in [5.41, 5.74) is -1.79. The van der Waals surface area contributed by atoms with E-state index in [1.807, 2.05) is 0 Å². The Hall–Kier alpha value is -1.11. The molecule has 1 rings (SSSR count). The molecule has 0 heterocycles. The zero-order valence-electron chi connectivity index (χ0n) is 15.2. The van der Waals surface area contributed by atoms with Gasteiger partial charge in [0.25, 0.3) is 10.1 Å². The van der Waals surface area contributed by atoms with E-state index in [2.05, 4.69) is 6.92 Å². The molecule has 1 aromatic carbocycles. The number of hydrogen-bond donors (Lipinski definition) is 2. The molecule has 0 aliphatic carbocycles. The lowest BCUT2D eigenvalue weighted by molar-refractivity contribution is 0.238. The minimum Gasteiger partial charge on any atom is -0.494 e. The van der Waals surface area contributed by atoms with Crippen molar-refractivity contribution < 1.29 is 22.8 Å². The zero-order valence-corrected chi connectivity index (χ0v) is 16.0. The van der Waals surface area contributed by atoms with Gasteiger partial charge in [0.15, 0.2) is 0 Å².